The van der Waals surface area contributed by atoms with Crippen LogP contribution in [0.25, 0.3) is 10.2 Å². The van der Waals surface area contributed by atoms with E-state index in [9.17, 15) is 13.2 Å². The van der Waals surface area contributed by atoms with Crippen LogP contribution >= 0.6 is 22.9 Å². The number of amides is 1. The number of hydrogen-bond donors (Lipinski definition) is 1. The number of aromatic nitrogens is 1. The summed E-state index contributed by atoms with van der Waals surface area (Å²) in [5.74, 6) is -0.440. The summed E-state index contributed by atoms with van der Waals surface area (Å²) in [7, 11) is -3.41. The third-order valence-corrected chi connectivity index (χ3v) is 5.83. The van der Waals surface area contributed by atoms with E-state index < -0.39 is 15.7 Å². The third kappa shape index (κ3) is 3.58. The zero-order chi connectivity index (χ0) is 17.3. The van der Waals surface area contributed by atoms with Crippen LogP contribution in [0.2, 0.25) is 5.02 Å². The number of fused-ring (bicyclic) bond motifs is 1. The smallest absolute Gasteiger partial charge is 0.253 e. The molecule has 1 N–H and O–H groups in total. The van der Waals surface area contributed by atoms with Crippen molar-refractivity contribution in [3.63, 3.8) is 0 Å². The second kappa shape index (κ2) is 6.51. The summed E-state index contributed by atoms with van der Waals surface area (Å²) in [6, 6.07) is 11.8. The van der Waals surface area contributed by atoms with Gasteiger partial charge in [-0.05, 0) is 30.3 Å². The van der Waals surface area contributed by atoms with Gasteiger partial charge in [0, 0.05) is 6.26 Å². The lowest BCUT2D eigenvalue weighted by Crippen LogP contribution is -2.23. The van der Waals surface area contributed by atoms with Gasteiger partial charge >= 0.3 is 0 Å². The Bertz CT molecular complexity index is 996. The van der Waals surface area contributed by atoms with Gasteiger partial charge < -0.3 is 5.32 Å². The van der Waals surface area contributed by atoms with Crippen molar-refractivity contribution in [2.24, 2.45) is 0 Å². The molecule has 1 heterocycles. The summed E-state index contributed by atoms with van der Waals surface area (Å²) >= 11 is 7.51. The summed E-state index contributed by atoms with van der Waals surface area (Å²) in [6.07, 6.45) is 1.08. The number of benzene rings is 2. The highest BCUT2D eigenvalue weighted by atomic mass is 35.5. The zero-order valence-corrected chi connectivity index (χ0v) is 15.0. The number of nitrogens with zero attached hydrogens (tertiary/aromatic N) is 1. The molecule has 0 aliphatic rings. The molecular weight excluding hydrogens is 368 g/mol. The van der Waals surface area contributed by atoms with Gasteiger partial charge in [-0.2, -0.15) is 0 Å². The van der Waals surface area contributed by atoms with Gasteiger partial charge in [-0.3, -0.25) is 4.79 Å². The highest BCUT2D eigenvalue weighted by Gasteiger charge is 2.16. The molecule has 124 valence electrons. The van der Waals surface area contributed by atoms with Crippen molar-refractivity contribution in [3.8, 4) is 0 Å². The minimum absolute atomic E-state index is 0.0528. The Kier molecular flexibility index (Phi) is 4.58. The molecule has 0 spiro atoms. The number of thiazole rings is 1. The number of sulfone groups is 1. The van der Waals surface area contributed by atoms with Gasteiger partial charge in [-0.15, -0.1) is 11.3 Å². The second-order valence-corrected chi connectivity index (χ2v) is 8.71. The molecule has 0 saturated carbocycles. The molecule has 0 radical (unpaired) electrons. The van der Waals surface area contributed by atoms with Gasteiger partial charge in [0.25, 0.3) is 5.91 Å². The Hall–Kier alpha value is -1.96. The lowest BCUT2D eigenvalue weighted by atomic mass is 10.2. The average molecular weight is 381 g/mol. The van der Waals surface area contributed by atoms with Crippen molar-refractivity contribution in [1.29, 1.82) is 0 Å². The maximum atomic E-state index is 12.3. The van der Waals surface area contributed by atoms with Crippen molar-refractivity contribution in [2.45, 2.75) is 11.4 Å². The SMILES string of the molecule is CS(=O)(=O)c1ccc(Cl)c(C(=O)NCc2nc3ccccc3s2)c1. The molecule has 1 aromatic heterocycles. The Labute approximate surface area is 148 Å². The van der Waals surface area contributed by atoms with Crippen LogP contribution in [0.5, 0.6) is 0 Å². The van der Waals surface area contributed by atoms with Crippen LogP contribution in [-0.2, 0) is 16.4 Å². The number of para-hydroxylation sites is 1. The van der Waals surface area contributed by atoms with Crippen LogP contribution in [0.1, 0.15) is 15.4 Å². The number of halogens is 1. The van der Waals surface area contributed by atoms with Crippen molar-refractivity contribution in [3.05, 3.63) is 58.1 Å². The highest BCUT2D eigenvalue weighted by Crippen LogP contribution is 2.23. The topological polar surface area (TPSA) is 76.1 Å². The van der Waals surface area contributed by atoms with Crippen molar-refractivity contribution in [1.82, 2.24) is 10.3 Å². The molecule has 2 aromatic carbocycles. The van der Waals surface area contributed by atoms with Crippen LogP contribution in [0.15, 0.2) is 47.4 Å². The van der Waals surface area contributed by atoms with E-state index in [1.165, 1.54) is 29.5 Å². The standard InChI is InChI=1S/C16H13ClN2O3S2/c1-24(21,22)10-6-7-12(17)11(8-10)16(20)18-9-15-19-13-4-2-3-5-14(13)23-15/h2-8H,9H2,1H3,(H,18,20). The molecule has 3 rings (SSSR count). The fourth-order valence-electron chi connectivity index (χ4n) is 2.16. The van der Waals surface area contributed by atoms with Crippen LogP contribution in [0.3, 0.4) is 0 Å². The fourth-order valence-corrected chi connectivity index (χ4v) is 3.91. The Morgan fingerprint density at radius 2 is 2.00 bits per heavy atom. The minimum Gasteiger partial charge on any atom is -0.345 e. The summed E-state index contributed by atoms with van der Waals surface area (Å²) in [6.45, 7) is 0.248. The van der Waals surface area contributed by atoms with E-state index in [1.807, 2.05) is 24.3 Å². The highest BCUT2D eigenvalue weighted by molar-refractivity contribution is 7.90. The van der Waals surface area contributed by atoms with Gasteiger partial charge in [0.2, 0.25) is 0 Å². The Morgan fingerprint density at radius 1 is 1.25 bits per heavy atom. The first-order valence-electron chi connectivity index (χ1n) is 6.97. The van der Waals surface area contributed by atoms with Crippen molar-refractivity contribution >= 4 is 48.9 Å². The van der Waals surface area contributed by atoms with E-state index in [0.29, 0.717) is 0 Å². The molecule has 0 aliphatic heterocycles. The van der Waals surface area contributed by atoms with E-state index >= 15 is 0 Å². The number of hydrogen-bond acceptors (Lipinski definition) is 5. The zero-order valence-electron chi connectivity index (χ0n) is 12.6. The molecule has 24 heavy (non-hydrogen) atoms. The first-order chi connectivity index (χ1) is 11.3. The maximum Gasteiger partial charge on any atom is 0.253 e. The summed E-state index contributed by atoms with van der Waals surface area (Å²) < 4.78 is 24.3. The molecule has 0 fully saturated rings. The van der Waals surface area contributed by atoms with Gasteiger partial charge in [-0.1, -0.05) is 23.7 Å². The molecule has 5 nitrogen and oxygen atoms in total. The number of rotatable bonds is 4. The van der Waals surface area contributed by atoms with Crippen LogP contribution in [-0.4, -0.2) is 25.6 Å². The lowest BCUT2D eigenvalue weighted by molar-refractivity contribution is 0.0951. The van der Waals surface area contributed by atoms with Crippen LogP contribution in [0.4, 0.5) is 0 Å². The minimum atomic E-state index is -3.41. The first-order valence-corrected chi connectivity index (χ1v) is 10.1. The van der Waals surface area contributed by atoms with E-state index in [2.05, 4.69) is 10.3 Å². The number of nitrogens with one attached hydrogen (secondary N) is 1. The molecule has 0 unspecified atom stereocenters. The predicted octanol–water partition coefficient (Wildman–Crippen LogP) is 3.28. The second-order valence-electron chi connectivity index (χ2n) is 5.17. The molecule has 1 amide bonds. The van der Waals surface area contributed by atoms with Gasteiger partial charge in [0.1, 0.15) is 5.01 Å². The quantitative estimate of drug-likeness (QED) is 0.753. The molecule has 0 bridgehead atoms. The molecule has 8 heteroatoms. The van der Waals surface area contributed by atoms with Gasteiger partial charge in [-0.25, -0.2) is 13.4 Å². The van der Waals surface area contributed by atoms with Crippen molar-refractivity contribution in [2.75, 3.05) is 6.26 Å². The molecule has 0 saturated heterocycles. The van der Waals surface area contributed by atoms with Crippen molar-refractivity contribution < 1.29 is 13.2 Å². The summed E-state index contributed by atoms with van der Waals surface area (Å²) in [5.41, 5.74) is 1.00. The van der Waals surface area contributed by atoms with E-state index in [0.717, 1.165) is 21.5 Å². The fraction of sp³-hybridized carbons (Fsp3) is 0.125. The lowest BCUT2D eigenvalue weighted by Gasteiger charge is -2.07. The third-order valence-electron chi connectivity index (χ3n) is 3.35. The molecule has 0 atom stereocenters. The average Bonchev–Trinajstić information content (AvgIpc) is 2.94. The monoisotopic (exact) mass is 380 g/mol. The Morgan fingerprint density at radius 3 is 2.71 bits per heavy atom. The van der Waals surface area contributed by atoms with E-state index in [4.69, 9.17) is 11.6 Å². The summed E-state index contributed by atoms with van der Waals surface area (Å²) in [5, 5.41) is 3.69. The van der Waals surface area contributed by atoms with Gasteiger partial charge in [0.05, 0.1) is 32.2 Å². The maximum absolute atomic E-state index is 12.3. The molecular formula is C16H13ClN2O3S2. The molecule has 0 aliphatic carbocycles. The molecule has 3 aromatic rings. The van der Waals surface area contributed by atoms with Crippen LogP contribution < -0.4 is 5.32 Å². The Balaban J connectivity index is 1.79. The van der Waals surface area contributed by atoms with Gasteiger partial charge in [0.15, 0.2) is 9.84 Å². The largest absolute Gasteiger partial charge is 0.345 e. The predicted molar refractivity (Wildman–Crippen MR) is 95.4 cm³/mol. The van der Waals surface area contributed by atoms with E-state index in [1.54, 1.807) is 0 Å². The normalized spacial score (nSPS) is 11.6. The van der Waals surface area contributed by atoms with Crippen LogP contribution in [0, 0.1) is 0 Å². The number of carbonyl (C=O) groups is 1. The number of carbonyl (C=O) groups excluding carboxylic acids is 1. The van der Waals surface area contributed by atoms with E-state index in [-0.39, 0.29) is 22.0 Å². The first kappa shape index (κ1) is 16.9. The summed E-state index contributed by atoms with van der Waals surface area (Å²) in [4.78, 5) is 16.8.